The number of aromatic nitrogens is 1. The monoisotopic (exact) mass is 584 g/mol. The maximum absolute atomic E-state index is 12.2. The van der Waals surface area contributed by atoms with Crippen LogP contribution in [0.15, 0.2) is 77.3 Å². The zero-order valence-corrected chi connectivity index (χ0v) is 23.5. The van der Waals surface area contributed by atoms with E-state index in [0.29, 0.717) is 37.4 Å². The SMILES string of the molecule is CC(C)C(=O)Nc1ccc(N2C(=S)N[C@H](c3ccccn3)[C@@H]2c2ccc(-c3ccc(Cl)c(Cl)c3)o2)cc1Cl. The van der Waals surface area contributed by atoms with Crippen LogP contribution in [0.4, 0.5) is 11.4 Å². The largest absolute Gasteiger partial charge is 0.459 e. The highest BCUT2D eigenvalue weighted by molar-refractivity contribution is 7.80. The predicted molar refractivity (Wildman–Crippen MR) is 157 cm³/mol. The lowest BCUT2D eigenvalue weighted by atomic mass is 10.0. The Bertz CT molecular complexity index is 1510. The molecular formula is C28H23Cl3N4O2S. The topological polar surface area (TPSA) is 70.4 Å². The normalized spacial score (nSPS) is 17.1. The van der Waals surface area contributed by atoms with Crippen molar-refractivity contribution in [1.82, 2.24) is 10.3 Å². The van der Waals surface area contributed by atoms with E-state index in [-0.39, 0.29) is 23.9 Å². The number of amides is 1. The Balaban J connectivity index is 1.55. The van der Waals surface area contributed by atoms with Crippen molar-refractivity contribution in [3.05, 3.63) is 99.4 Å². The molecule has 2 aromatic carbocycles. The summed E-state index contributed by atoms with van der Waals surface area (Å²) in [5.41, 5.74) is 2.88. The molecule has 2 N–H and O–H groups in total. The van der Waals surface area contributed by atoms with Crippen LogP contribution in [-0.2, 0) is 4.79 Å². The molecular weight excluding hydrogens is 563 g/mol. The summed E-state index contributed by atoms with van der Waals surface area (Å²) in [5.74, 6) is 1.02. The van der Waals surface area contributed by atoms with Crippen molar-refractivity contribution in [2.75, 3.05) is 10.2 Å². The summed E-state index contributed by atoms with van der Waals surface area (Å²) >= 11 is 24.7. The molecule has 1 aliphatic heterocycles. The zero-order chi connectivity index (χ0) is 27.0. The van der Waals surface area contributed by atoms with Crippen LogP contribution in [-0.4, -0.2) is 16.0 Å². The molecule has 1 amide bonds. The molecule has 2 atom stereocenters. The van der Waals surface area contributed by atoms with Crippen molar-refractivity contribution in [3.8, 4) is 11.3 Å². The van der Waals surface area contributed by atoms with E-state index >= 15 is 0 Å². The third kappa shape index (κ3) is 5.24. The molecule has 5 rings (SSSR count). The van der Waals surface area contributed by atoms with Crippen molar-refractivity contribution in [3.63, 3.8) is 0 Å². The molecule has 38 heavy (non-hydrogen) atoms. The zero-order valence-electron chi connectivity index (χ0n) is 20.4. The van der Waals surface area contributed by atoms with Gasteiger partial charge in [-0.25, -0.2) is 0 Å². The Hall–Kier alpha value is -3.10. The van der Waals surface area contributed by atoms with Crippen LogP contribution in [0, 0.1) is 5.92 Å². The first-order valence-electron chi connectivity index (χ1n) is 11.9. The molecule has 0 spiro atoms. The van der Waals surface area contributed by atoms with E-state index in [2.05, 4.69) is 15.6 Å². The van der Waals surface area contributed by atoms with Crippen molar-refractivity contribution < 1.29 is 9.21 Å². The van der Waals surface area contributed by atoms with Gasteiger partial charge in [-0.3, -0.25) is 9.78 Å². The van der Waals surface area contributed by atoms with E-state index < -0.39 is 0 Å². The number of carbonyl (C=O) groups is 1. The van der Waals surface area contributed by atoms with Gasteiger partial charge in [-0.2, -0.15) is 0 Å². The number of thiocarbonyl (C=S) groups is 1. The van der Waals surface area contributed by atoms with Gasteiger partial charge in [0.05, 0.1) is 32.5 Å². The number of carbonyl (C=O) groups excluding carboxylic acids is 1. The van der Waals surface area contributed by atoms with Gasteiger partial charge in [0, 0.05) is 23.4 Å². The summed E-state index contributed by atoms with van der Waals surface area (Å²) in [6.07, 6.45) is 1.74. The fourth-order valence-corrected chi connectivity index (χ4v) is 5.14. The Morgan fingerprint density at radius 3 is 2.53 bits per heavy atom. The molecule has 1 fully saturated rings. The predicted octanol–water partition coefficient (Wildman–Crippen LogP) is 8.07. The van der Waals surface area contributed by atoms with Crippen LogP contribution in [0.5, 0.6) is 0 Å². The van der Waals surface area contributed by atoms with E-state index in [9.17, 15) is 4.79 Å². The molecule has 0 saturated carbocycles. The first-order chi connectivity index (χ1) is 18.2. The highest BCUT2D eigenvalue weighted by atomic mass is 35.5. The van der Waals surface area contributed by atoms with Crippen LogP contribution in [0.25, 0.3) is 11.3 Å². The molecule has 4 aromatic rings. The smallest absolute Gasteiger partial charge is 0.226 e. The molecule has 1 saturated heterocycles. The van der Waals surface area contributed by atoms with E-state index in [1.807, 2.05) is 61.2 Å². The van der Waals surface area contributed by atoms with Gasteiger partial charge in [0.1, 0.15) is 17.6 Å². The highest BCUT2D eigenvalue weighted by Gasteiger charge is 2.42. The third-order valence-electron chi connectivity index (χ3n) is 6.23. The minimum Gasteiger partial charge on any atom is -0.459 e. The number of nitrogens with one attached hydrogen (secondary N) is 2. The van der Waals surface area contributed by atoms with E-state index in [4.69, 9.17) is 51.4 Å². The van der Waals surface area contributed by atoms with E-state index in [1.165, 1.54) is 0 Å². The van der Waals surface area contributed by atoms with Crippen LogP contribution in [0.1, 0.15) is 37.4 Å². The summed E-state index contributed by atoms with van der Waals surface area (Å²) in [5, 5.41) is 8.06. The Kier molecular flexibility index (Phi) is 7.63. The van der Waals surface area contributed by atoms with Crippen molar-refractivity contribution >= 4 is 69.4 Å². The minimum atomic E-state index is -0.374. The van der Waals surface area contributed by atoms with Gasteiger partial charge in [0.15, 0.2) is 5.11 Å². The van der Waals surface area contributed by atoms with Gasteiger partial charge in [-0.1, -0.05) is 54.7 Å². The maximum atomic E-state index is 12.2. The van der Waals surface area contributed by atoms with Gasteiger partial charge in [-0.05, 0) is 72.9 Å². The molecule has 0 radical (unpaired) electrons. The second-order valence-electron chi connectivity index (χ2n) is 9.14. The van der Waals surface area contributed by atoms with Crippen molar-refractivity contribution in [2.24, 2.45) is 5.92 Å². The molecule has 3 heterocycles. The number of furan rings is 1. The Morgan fingerprint density at radius 2 is 1.84 bits per heavy atom. The van der Waals surface area contributed by atoms with E-state index in [0.717, 1.165) is 16.9 Å². The maximum Gasteiger partial charge on any atom is 0.226 e. The minimum absolute atomic E-state index is 0.114. The summed E-state index contributed by atoms with van der Waals surface area (Å²) in [4.78, 5) is 18.7. The fourth-order valence-electron chi connectivity index (χ4n) is 4.27. The molecule has 194 valence electrons. The van der Waals surface area contributed by atoms with Crippen LogP contribution >= 0.6 is 47.0 Å². The van der Waals surface area contributed by atoms with Crippen molar-refractivity contribution in [2.45, 2.75) is 25.9 Å². The van der Waals surface area contributed by atoms with Gasteiger partial charge in [-0.15, -0.1) is 0 Å². The highest BCUT2D eigenvalue weighted by Crippen LogP contribution is 2.44. The molecule has 0 unspecified atom stereocenters. The van der Waals surface area contributed by atoms with Gasteiger partial charge in [0.25, 0.3) is 0 Å². The first kappa shape index (κ1) is 26.5. The second-order valence-corrected chi connectivity index (χ2v) is 10.7. The molecule has 1 aliphatic rings. The van der Waals surface area contributed by atoms with Gasteiger partial charge < -0.3 is 20.0 Å². The van der Waals surface area contributed by atoms with Crippen LogP contribution in [0.2, 0.25) is 15.1 Å². The molecule has 0 aliphatic carbocycles. The number of pyridine rings is 1. The van der Waals surface area contributed by atoms with Crippen molar-refractivity contribution in [1.29, 1.82) is 0 Å². The quantitative estimate of drug-likeness (QED) is 0.223. The number of halogens is 3. The molecule has 10 heteroatoms. The molecule has 2 aromatic heterocycles. The summed E-state index contributed by atoms with van der Waals surface area (Å²) in [7, 11) is 0. The lowest BCUT2D eigenvalue weighted by Gasteiger charge is -2.26. The number of rotatable bonds is 6. The number of benzene rings is 2. The number of anilines is 2. The second kappa shape index (κ2) is 10.9. The first-order valence-corrected chi connectivity index (χ1v) is 13.4. The Morgan fingerprint density at radius 1 is 1.03 bits per heavy atom. The summed E-state index contributed by atoms with van der Waals surface area (Å²) in [6, 6.07) is 19.6. The lowest BCUT2D eigenvalue weighted by molar-refractivity contribution is -0.118. The summed E-state index contributed by atoms with van der Waals surface area (Å²) in [6.45, 7) is 3.65. The number of nitrogens with zero attached hydrogens (tertiary/aromatic N) is 2. The van der Waals surface area contributed by atoms with Gasteiger partial charge in [0.2, 0.25) is 5.91 Å². The van der Waals surface area contributed by atoms with Gasteiger partial charge >= 0.3 is 0 Å². The fraction of sp³-hybridized carbons (Fsp3) is 0.179. The Labute approximate surface area is 240 Å². The standard InChI is InChI=1S/C28H23Cl3N4O2S/c1-15(2)27(36)33-21-9-7-17(14-20(21)31)35-26(25(34-28(35)38)22-5-3-4-12-32-22)24-11-10-23(37-24)16-6-8-18(29)19(30)13-16/h3-15,25-26H,1-2H3,(H,33,36)(H,34,38)/t25-,26+/m1/s1. The van der Waals surface area contributed by atoms with E-state index in [1.54, 1.807) is 30.5 Å². The van der Waals surface area contributed by atoms with Crippen LogP contribution in [0.3, 0.4) is 0 Å². The average molecular weight is 586 g/mol. The summed E-state index contributed by atoms with van der Waals surface area (Å²) < 4.78 is 6.37. The lowest BCUT2D eigenvalue weighted by Crippen LogP contribution is -2.29. The van der Waals surface area contributed by atoms with Crippen LogP contribution < -0.4 is 15.5 Å². The molecule has 6 nitrogen and oxygen atoms in total. The molecule has 0 bridgehead atoms. The third-order valence-corrected chi connectivity index (χ3v) is 7.60. The number of hydrogen-bond acceptors (Lipinski definition) is 4. The average Bonchev–Trinajstić information content (AvgIpc) is 3.52. The number of hydrogen-bond donors (Lipinski definition) is 2.